The van der Waals surface area contributed by atoms with Gasteiger partial charge in [0.15, 0.2) is 0 Å². The van der Waals surface area contributed by atoms with Gasteiger partial charge >= 0.3 is 0 Å². The van der Waals surface area contributed by atoms with E-state index in [0.717, 1.165) is 18.6 Å². The number of benzene rings is 2. The Morgan fingerprint density at radius 1 is 1.11 bits per heavy atom. The minimum Gasteiger partial charge on any atom is -0.490 e. The molecule has 2 aromatic rings. The van der Waals surface area contributed by atoms with Crippen molar-refractivity contribution in [2.45, 2.75) is 46.1 Å². The molecule has 2 rings (SSSR count). The quantitative estimate of drug-likeness (QED) is 0.708. The first kappa shape index (κ1) is 12.9. The summed E-state index contributed by atoms with van der Waals surface area (Å²) in [5, 5.41) is 2.58. The highest BCUT2D eigenvalue weighted by Gasteiger charge is 2.08. The third-order valence-corrected chi connectivity index (χ3v) is 3.41. The molecule has 0 amide bonds. The lowest BCUT2D eigenvalue weighted by atomic mass is 10.1. The fourth-order valence-corrected chi connectivity index (χ4v) is 2.40. The van der Waals surface area contributed by atoms with Gasteiger partial charge in [0, 0.05) is 0 Å². The molecule has 96 valence electrons. The fraction of sp³-hybridized carbons (Fsp3) is 0.412. The van der Waals surface area contributed by atoms with E-state index in [-0.39, 0.29) is 0 Å². The Labute approximate surface area is 110 Å². The van der Waals surface area contributed by atoms with Crippen molar-refractivity contribution in [3.8, 4) is 5.75 Å². The van der Waals surface area contributed by atoms with Crippen LogP contribution >= 0.6 is 0 Å². The maximum atomic E-state index is 6.09. The van der Waals surface area contributed by atoms with Crippen LogP contribution in [0.3, 0.4) is 0 Å². The van der Waals surface area contributed by atoms with Crippen molar-refractivity contribution in [3.05, 3.63) is 42.0 Å². The monoisotopic (exact) mass is 242 g/mol. The highest BCUT2D eigenvalue weighted by molar-refractivity contribution is 5.86. The Balaban J connectivity index is 2.28. The summed E-state index contributed by atoms with van der Waals surface area (Å²) in [4.78, 5) is 0. The maximum absolute atomic E-state index is 6.09. The van der Waals surface area contributed by atoms with E-state index in [1.807, 2.05) is 0 Å². The summed E-state index contributed by atoms with van der Waals surface area (Å²) in [6.07, 6.45) is 3.71. The van der Waals surface area contributed by atoms with Gasteiger partial charge in [0.2, 0.25) is 0 Å². The van der Waals surface area contributed by atoms with Crippen LogP contribution in [0.1, 0.15) is 38.7 Å². The van der Waals surface area contributed by atoms with E-state index in [9.17, 15) is 0 Å². The molecule has 0 radical (unpaired) electrons. The smallest absolute Gasteiger partial charge is 0.120 e. The second-order valence-corrected chi connectivity index (χ2v) is 4.90. The lowest BCUT2D eigenvalue weighted by Crippen LogP contribution is -2.14. The summed E-state index contributed by atoms with van der Waals surface area (Å²) in [6, 6.07) is 12.8. The zero-order chi connectivity index (χ0) is 13.0. The predicted molar refractivity (Wildman–Crippen MR) is 78.3 cm³/mol. The summed E-state index contributed by atoms with van der Waals surface area (Å²) in [5.74, 6) is 1.01. The average Bonchev–Trinajstić information content (AvgIpc) is 2.38. The summed E-state index contributed by atoms with van der Waals surface area (Å²) in [7, 11) is 0. The van der Waals surface area contributed by atoms with Crippen molar-refractivity contribution in [3.63, 3.8) is 0 Å². The van der Waals surface area contributed by atoms with Gasteiger partial charge < -0.3 is 4.74 Å². The zero-order valence-corrected chi connectivity index (χ0v) is 11.6. The number of fused-ring (bicyclic) bond motifs is 1. The average molecular weight is 242 g/mol. The van der Waals surface area contributed by atoms with Gasteiger partial charge in [-0.25, -0.2) is 0 Å². The van der Waals surface area contributed by atoms with Gasteiger partial charge in [-0.05, 0) is 48.2 Å². The molecule has 1 unspecified atom stereocenters. The lowest BCUT2D eigenvalue weighted by Gasteiger charge is -2.18. The molecule has 18 heavy (non-hydrogen) atoms. The molecule has 1 atom stereocenters. The van der Waals surface area contributed by atoms with Crippen LogP contribution in [-0.2, 0) is 0 Å². The molecule has 0 aliphatic heterocycles. The van der Waals surface area contributed by atoms with E-state index >= 15 is 0 Å². The summed E-state index contributed by atoms with van der Waals surface area (Å²) >= 11 is 0. The van der Waals surface area contributed by atoms with Gasteiger partial charge in [-0.3, -0.25) is 0 Å². The van der Waals surface area contributed by atoms with Gasteiger partial charge in [-0.2, -0.15) is 0 Å². The largest absolute Gasteiger partial charge is 0.490 e. The molecule has 0 saturated carbocycles. The maximum Gasteiger partial charge on any atom is 0.120 e. The predicted octanol–water partition coefficient (Wildman–Crippen LogP) is 5.11. The Morgan fingerprint density at radius 3 is 2.61 bits per heavy atom. The van der Waals surface area contributed by atoms with Gasteiger partial charge in [-0.15, -0.1) is 0 Å². The lowest BCUT2D eigenvalue weighted by molar-refractivity contribution is 0.186. The number of hydrogen-bond acceptors (Lipinski definition) is 1. The molecule has 1 nitrogen and oxygen atoms in total. The van der Waals surface area contributed by atoms with Crippen LogP contribution in [0.2, 0.25) is 0 Å². The van der Waals surface area contributed by atoms with Crippen molar-refractivity contribution in [1.29, 1.82) is 0 Å². The third kappa shape index (κ3) is 2.84. The van der Waals surface area contributed by atoms with Crippen molar-refractivity contribution in [1.82, 2.24) is 0 Å². The highest BCUT2D eigenvalue weighted by atomic mass is 16.5. The molecule has 0 aliphatic carbocycles. The molecule has 1 heteroatoms. The topological polar surface area (TPSA) is 9.23 Å². The minimum atomic E-state index is 0.343. The van der Waals surface area contributed by atoms with Crippen LogP contribution in [0.5, 0.6) is 5.75 Å². The van der Waals surface area contributed by atoms with Gasteiger partial charge in [0.25, 0.3) is 0 Å². The Kier molecular flexibility index (Phi) is 4.24. The second-order valence-electron chi connectivity index (χ2n) is 4.90. The molecule has 2 aromatic carbocycles. The Morgan fingerprint density at radius 2 is 1.89 bits per heavy atom. The van der Waals surface area contributed by atoms with Crippen LogP contribution in [0, 0.1) is 6.92 Å². The SMILES string of the molecule is CCCC(CC)Oc1cc(C)c2ccccc2c1. The molecule has 0 bridgehead atoms. The summed E-state index contributed by atoms with van der Waals surface area (Å²) < 4.78 is 6.09. The zero-order valence-electron chi connectivity index (χ0n) is 11.6. The Hall–Kier alpha value is -1.50. The molecule has 0 fully saturated rings. The van der Waals surface area contributed by atoms with Crippen LogP contribution in [-0.4, -0.2) is 6.10 Å². The first-order valence-corrected chi connectivity index (χ1v) is 6.90. The summed E-state index contributed by atoms with van der Waals surface area (Å²) in [6.45, 7) is 6.54. The number of hydrogen-bond donors (Lipinski definition) is 0. The first-order chi connectivity index (χ1) is 8.74. The molecule has 0 aliphatic rings. The normalized spacial score (nSPS) is 12.6. The van der Waals surface area contributed by atoms with Crippen LogP contribution in [0.15, 0.2) is 36.4 Å². The van der Waals surface area contributed by atoms with Crippen molar-refractivity contribution in [2.24, 2.45) is 0 Å². The molecule has 0 saturated heterocycles. The molecule has 0 heterocycles. The van der Waals surface area contributed by atoms with Crippen LogP contribution < -0.4 is 4.74 Å². The number of ether oxygens (including phenoxy) is 1. The molecule has 0 aromatic heterocycles. The van der Waals surface area contributed by atoms with Gasteiger partial charge in [0.05, 0.1) is 6.10 Å². The standard InChI is InChI=1S/C17H22O/c1-4-8-15(5-2)18-16-11-13(3)17-10-7-6-9-14(17)12-16/h6-7,9-12,15H,4-5,8H2,1-3H3. The summed E-state index contributed by atoms with van der Waals surface area (Å²) in [5.41, 5.74) is 1.29. The molecule has 0 N–H and O–H groups in total. The Bertz CT molecular complexity index is 516. The van der Waals surface area contributed by atoms with E-state index in [1.54, 1.807) is 0 Å². The molecular formula is C17H22O. The van der Waals surface area contributed by atoms with Crippen molar-refractivity contribution in [2.75, 3.05) is 0 Å². The molecular weight excluding hydrogens is 220 g/mol. The van der Waals surface area contributed by atoms with Crippen molar-refractivity contribution < 1.29 is 4.74 Å². The van der Waals surface area contributed by atoms with Crippen LogP contribution in [0.25, 0.3) is 10.8 Å². The van der Waals surface area contributed by atoms with Gasteiger partial charge in [0.1, 0.15) is 5.75 Å². The van der Waals surface area contributed by atoms with Crippen LogP contribution in [0.4, 0.5) is 0 Å². The molecule has 0 spiro atoms. The number of rotatable bonds is 5. The van der Waals surface area contributed by atoms with Crippen molar-refractivity contribution >= 4 is 10.8 Å². The second kappa shape index (κ2) is 5.90. The van der Waals surface area contributed by atoms with E-state index in [2.05, 4.69) is 57.2 Å². The van der Waals surface area contributed by atoms with E-state index < -0.39 is 0 Å². The van der Waals surface area contributed by atoms with E-state index in [1.165, 1.54) is 22.8 Å². The van der Waals surface area contributed by atoms with E-state index in [4.69, 9.17) is 4.74 Å². The van der Waals surface area contributed by atoms with Gasteiger partial charge in [-0.1, -0.05) is 44.5 Å². The van der Waals surface area contributed by atoms with E-state index in [0.29, 0.717) is 6.10 Å². The third-order valence-electron chi connectivity index (χ3n) is 3.41. The first-order valence-electron chi connectivity index (χ1n) is 6.90. The minimum absolute atomic E-state index is 0.343. The fourth-order valence-electron chi connectivity index (χ4n) is 2.40. The highest BCUT2D eigenvalue weighted by Crippen LogP contribution is 2.26. The number of aryl methyl sites for hydroxylation is 1.